The van der Waals surface area contributed by atoms with Gasteiger partial charge in [-0.25, -0.2) is 0 Å². The van der Waals surface area contributed by atoms with Crippen LogP contribution in [0.15, 0.2) is 42.5 Å². The Bertz CT molecular complexity index is 368. The van der Waals surface area contributed by atoms with Crippen molar-refractivity contribution in [3.05, 3.63) is 53.6 Å². The van der Waals surface area contributed by atoms with Crippen molar-refractivity contribution in [2.75, 3.05) is 21.1 Å². The number of benzene rings is 1. The Hall–Kier alpha value is -1.20. The van der Waals surface area contributed by atoms with Crippen LogP contribution in [0.25, 0.3) is 0 Å². The molecule has 4 heteroatoms. The van der Waals surface area contributed by atoms with Gasteiger partial charge < -0.3 is 17.2 Å². The highest BCUT2D eigenvalue weighted by atomic mass is 28.2. The van der Waals surface area contributed by atoms with Gasteiger partial charge in [0, 0.05) is 0 Å². The summed E-state index contributed by atoms with van der Waals surface area (Å²) in [5.74, 6) is 0. The number of hydrogen-bond acceptors (Lipinski definition) is 3. The number of nitrogens with two attached hydrogens (primary N) is 3. The van der Waals surface area contributed by atoms with E-state index >= 15 is 0 Å². The predicted octanol–water partition coefficient (Wildman–Crippen LogP) is 0.737. The summed E-state index contributed by atoms with van der Waals surface area (Å²) >= 11 is 0. The fourth-order valence-corrected chi connectivity index (χ4v) is 4.08. The topological polar surface area (TPSA) is 78.1 Å². The fourth-order valence-electron chi connectivity index (χ4n) is 2.07. The lowest BCUT2D eigenvalue weighted by molar-refractivity contribution is 1.38. The first-order valence-electron chi connectivity index (χ1n) is 6.89. The van der Waals surface area contributed by atoms with Gasteiger partial charge in [-0.2, -0.15) is 0 Å². The molecule has 0 heterocycles. The number of hydrogen-bond donors (Lipinski definition) is 3. The third-order valence-corrected chi connectivity index (χ3v) is 4.48. The summed E-state index contributed by atoms with van der Waals surface area (Å²) in [5, 5.41) is 1.59. The lowest BCUT2D eigenvalue weighted by atomic mass is 10.2. The molecule has 1 aromatic carbocycles. The second-order valence-electron chi connectivity index (χ2n) is 4.13. The van der Waals surface area contributed by atoms with E-state index < -0.39 is 0 Å². The second kappa shape index (κ2) is 14.2. The molecule has 20 heavy (non-hydrogen) atoms. The van der Waals surface area contributed by atoms with Crippen LogP contribution in [0.3, 0.4) is 0 Å². The van der Waals surface area contributed by atoms with Crippen molar-refractivity contribution in [1.29, 1.82) is 0 Å². The molecule has 0 bridgehead atoms. The summed E-state index contributed by atoms with van der Waals surface area (Å²) in [6.45, 7) is 4.37. The summed E-state index contributed by atoms with van der Waals surface area (Å²) < 4.78 is 0. The van der Waals surface area contributed by atoms with Gasteiger partial charge in [0.15, 0.2) is 0 Å². The molecular formula is C16H31N3Si. The normalized spacial score (nSPS) is 12.2. The predicted molar refractivity (Wildman–Crippen MR) is 96.5 cm³/mol. The van der Waals surface area contributed by atoms with Crippen molar-refractivity contribution in [3.8, 4) is 0 Å². The molecule has 1 aliphatic carbocycles. The number of aryl methyl sites for hydroxylation is 2. The zero-order valence-electron chi connectivity index (χ0n) is 13.6. The minimum Gasteiger partial charge on any atom is -0.333 e. The Morgan fingerprint density at radius 2 is 1.15 bits per heavy atom. The summed E-state index contributed by atoms with van der Waals surface area (Å²) in [7, 11) is 4.35. The molecule has 0 aromatic heterocycles. The van der Waals surface area contributed by atoms with Crippen LogP contribution in [-0.4, -0.2) is 30.7 Å². The van der Waals surface area contributed by atoms with E-state index in [9.17, 15) is 0 Å². The Labute approximate surface area is 126 Å². The van der Waals surface area contributed by atoms with Gasteiger partial charge in [0.25, 0.3) is 0 Å². The molecule has 0 atom stereocenters. The summed E-state index contributed by atoms with van der Waals surface area (Å²) in [4.78, 5) is 0. The first kappa shape index (κ1) is 21.1. The molecule has 114 valence electrons. The standard InChI is InChI=1S/C13H16Si.3CH5N/c1-10-7-11(2)9-13(8-10)14-12-5-3-4-6-12;3*1-2/h3-9,12H,14H2,1-2H3;3*2H2,1H3. The van der Waals surface area contributed by atoms with E-state index in [0.29, 0.717) is 0 Å². The van der Waals surface area contributed by atoms with Gasteiger partial charge in [0.1, 0.15) is 0 Å². The Kier molecular flexibility index (Phi) is 15.0. The molecule has 0 saturated heterocycles. The minimum atomic E-state index is -0.151. The van der Waals surface area contributed by atoms with Gasteiger partial charge in [0.05, 0.1) is 9.52 Å². The summed E-state index contributed by atoms with van der Waals surface area (Å²) in [6.07, 6.45) is 8.98. The molecule has 0 aliphatic heterocycles. The molecule has 0 radical (unpaired) electrons. The first-order valence-corrected chi connectivity index (χ1v) is 8.42. The lowest BCUT2D eigenvalue weighted by Gasteiger charge is -2.07. The van der Waals surface area contributed by atoms with Crippen molar-refractivity contribution in [3.63, 3.8) is 0 Å². The van der Waals surface area contributed by atoms with Crippen LogP contribution in [-0.2, 0) is 0 Å². The summed E-state index contributed by atoms with van der Waals surface area (Å²) in [5.41, 5.74) is 17.0. The fraction of sp³-hybridized carbons (Fsp3) is 0.375. The zero-order chi connectivity index (χ0) is 16.0. The molecule has 1 aliphatic rings. The molecular weight excluding hydrogens is 262 g/mol. The van der Waals surface area contributed by atoms with E-state index in [4.69, 9.17) is 0 Å². The molecule has 1 aromatic rings. The highest BCUT2D eigenvalue weighted by Crippen LogP contribution is 2.13. The van der Waals surface area contributed by atoms with Crippen LogP contribution < -0.4 is 22.4 Å². The van der Waals surface area contributed by atoms with Gasteiger partial charge in [-0.05, 0) is 40.5 Å². The van der Waals surface area contributed by atoms with Crippen molar-refractivity contribution in [2.45, 2.75) is 19.4 Å². The minimum absolute atomic E-state index is 0.151. The average Bonchev–Trinajstić information content (AvgIpc) is 2.97. The van der Waals surface area contributed by atoms with Gasteiger partial charge in [-0.3, -0.25) is 0 Å². The molecule has 0 spiro atoms. The summed E-state index contributed by atoms with van der Waals surface area (Å²) in [6, 6.07) is 6.94. The maximum absolute atomic E-state index is 4.50. The van der Waals surface area contributed by atoms with Crippen molar-refractivity contribution >= 4 is 14.7 Å². The molecule has 6 N–H and O–H groups in total. The average molecular weight is 294 g/mol. The van der Waals surface area contributed by atoms with E-state index in [0.717, 1.165) is 5.54 Å². The Balaban J connectivity index is 0. The second-order valence-corrected chi connectivity index (χ2v) is 6.30. The largest absolute Gasteiger partial charge is 0.333 e. The van der Waals surface area contributed by atoms with E-state index in [1.54, 1.807) is 5.19 Å². The lowest BCUT2D eigenvalue weighted by Crippen LogP contribution is -2.17. The smallest absolute Gasteiger partial charge is 0.0663 e. The molecule has 0 fully saturated rings. The van der Waals surface area contributed by atoms with Crippen LogP contribution >= 0.6 is 0 Å². The van der Waals surface area contributed by atoms with Gasteiger partial charge in [-0.1, -0.05) is 58.8 Å². The van der Waals surface area contributed by atoms with Crippen molar-refractivity contribution in [1.82, 2.24) is 0 Å². The number of allylic oxidation sites excluding steroid dienone is 4. The van der Waals surface area contributed by atoms with E-state index in [1.165, 1.54) is 32.3 Å². The highest BCUT2D eigenvalue weighted by molar-refractivity contribution is 6.56. The van der Waals surface area contributed by atoms with E-state index in [2.05, 4.69) is 73.6 Å². The van der Waals surface area contributed by atoms with E-state index in [-0.39, 0.29) is 9.52 Å². The van der Waals surface area contributed by atoms with Crippen LogP contribution in [0.1, 0.15) is 11.1 Å². The highest BCUT2D eigenvalue weighted by Gasteiger charge is 2.06. The van der Waals surface area contributed by atoms with Crippen LogP contribution in [0.4, 0.5) is 0 Å². The maximum Gasteiger partial charge on any atom is 0.0663 e. The van der Waals surface area contributed by atoms with E-state index in [1.807, 2.05) is 0 Å². The van der Waals surface area contributed by atoms with Gasteiger partial charge >= 0.3 is 0 Å². The third kappa shape index (κ3) is 8.82. The zero-order valence-corrected chi connectivity index (χ0v) is 15.0. The maximum atomic E-state index is 4.50. The quantitative estimate of drug-likeness (QED) is 0.704. The van der Waals surface area contributed by atoms with Crippen molar-refractivity contribution in [2.24, 2.45) is 17.2 Å². The van der Waals surface area contributed by atoms with Crippen LogP contribution in [0.2, 0.25) is 5.54 Å². The Morgan fingerprint density at radius 3 is 1.55 bits per heavy atom. The van der Waals surface area contributed by atoms with Gasteiger partial charge in [0.2, 0.25) is 0 Å². The van der Waals surface area contributed by atoms with Crippen LogP contribution in [0.5, 0.6) is 0 Å². The Morgan fingerprint density at radius 1 is 0.750 bits per heavy atom. The number of rotatable bonds is 2. The monoisotopic (exact) mass is 293 g/mol. The molecule has 0 amide bonds. The molecule has 0 unspecified atom stereocenters. The van der Waals surface area contributed by atoms with Gasteiger partial charge in [-0.15, -0.1) is 0 Å². The molecule has 2 rings (SSSR count). The SMILES string of the molecule is CN.CN.CN.Cc1cc(C)cc([SiH2]C2C=CC=C2)c1. The molecule has 3 nitrogen and oxygen atoms in total. The van der Waals surface area contributed by atoms with Crippen molar-refractivity contribution < 1.29 is 0 Å². The third-order valence-electron chi connectivity index (χ3n) is 2.58. The molecule has 0 saturated carbocycles. The first-order chi connectivity index (χ1) is 9.74. The van der Waals surface area contributed by atoms with Crippen LogP contribution in [0, 0.1) is 13.8 Å².